The lowest BCUT2D eigenvalue weighted by Gasteiger charge is -2.10. The molecule has 0 aliphatic carbocycles. The Labute approximate surface area is 155 Å². The molecule has 5 heterocycles. The lowest BCUT2D eigenvalue weighted by molar-refractivity contribution is 0.470. The van der Waals surface area contributed by atoms with Gasteiger partial charge in [0.2, 0.25) is 0 Å². The van der Waals surface area contributed by atoms with Crippen LogP contribution in [-0.2, 0) is 20.0 Å². The fourth-order valence-corrected chi connectivity index (χ4v) is 4.38. The van der Waals surface area contributed by atoms with E-state index in [4.69, 9.17) is 0 Å². The summed E-state index contributed by atoms with van der Waals surface area (Å²) in [7, 11) is 1.81. The number of aryl methyl sites for hydroxylation is 1. The molecule has 3 N–H and O–H groups in total. The van der Waals surface area contributed by atoms with Gasteiger partial charge in [0.05, 0.1) is 29.7 Å². The first-order chi connectivity index (χ1) is 13.1. The smallest absolute Gasteiger partial charge is 0.291 e. The molecule has 138 valence electrons. The van der Waals surface area contributed by atoms with E-state index in [-0.39, 0.29) is 17.4 Å². The first-order valence-electron chi connectivity index (χ1n) is 8.31. The maximum atomic E-state index is 13.6. The van der Waals surface area contributed by atoms with Crippen LogP contribution in [0, 0.1) is 5.82 Å². The summed E-state index contributed by atoms with van der Waals surface area (Å²) in [5.41, 5.74) is 7.33. The van der Waals surface area contributed by atoms with Gasteiger partial charge >= 0.3 is 0 Å². The van der Waals surface area contributed by atoms with Gasteiger partial charge in [0.25, 0.3) is 5.56 Å². The summed E-state index contributed by atoms with van der Waals surface area (Å²) in [6, 6.07) is 0.00232. The van der Waals surface area contributed by atoms with Crippen molar-refractivity contribution in [2.45, 2.75) is 19.0 Å². The van der Waals surface area contributed by atoms with Gasteiger partial charge in [-0.1, -0.05) is 0 Å². The van der Waals surface area contributed by atoms with Crippen LogP contribution < -0.4 is 16.4 Å². The van der Waals surface area contributed by atoms with Crippen molar-refractivity contribution < 1.29 is 4.39 Å². The number of hydrogen-bond donors (Lipinski definition) is 3. The Hall–Kier alpha value is -3.05. The Morgan fingerprint density at radius 2 is 2.30 bits per heavy atom. The van der Waals surface area contributed by atoms with E-state index in [1.807, 2.05) is 13.1 Å². The molecular formula is C16H15FN8OS. The monoisotopic (exact) mass is 386 g/mol. The maximum absolute atomic E-state index is 13.6. The van der Waals surface area contributed by atoms with Crippen molar-refractivity contribution in [1.82, 2.24) is 40.4 Å². The Morgan fingerprint density at radius 3 is 3.04 bits per heavy atom. The van der Waals surface area contributed by atoms with Crippen LogP contribution in [0.5, 0.6) is 0 Å². The molecule has 4 aromatic rings. The van der Waals surface area contributed by atoms with E-state index in [0.717, 1.165) is 15.1 Å². The maximum Gasteiger partial charge on any atom is 0.291 e. The lowest BCUT2D eigenvalue weighted by Crippen LogP contribution is -2.37. The molecule has 0 bridgehead atoms. The predicted octanol–water partition coefficient (Wildman–Crippen LogP) is 0.788. The van der Waals surface area contributed by atoms with Crippen molar-refractivity contribution in [1.29, 1.82) is 0 Å². The van der Waals surface area contributed by atoms with Gasteiger partial charge < -0.3 is 9.99 Å². The number of halogens is 1. The molecule has 0 amide bonds. The first-order valence-corrected chi connectivity index (χ1v) is 9.13. The molecule has 0 fully saturated rings. The van der Waals surface area contributed by atoms with E-state index in [0.29, 0.717) is 29.8 Å². The summed E-state index contributed by atoms with van der Waals surface area (Å²) < 4.78 is 17.7. The lowest BCUT2D eigenvalue weighted by atomic mass is 10.3. The standard InChI is InChI=1S/C16H15FN8OS/c1-24-13-9(5-20-25(16(13)26)7-8-2-3-18-22-8)14-15(24)21-12(27-14)4-11-10(17)6-19-23-11/h2-3,5-6,8,18,22H,4,7H2,1H3,(H,19,23). The van der Waals surface area contributed by atoms with Crippen LogP contribution in [0.1, 0.15) is 10.7 Å². The third kappa shape index (κ3) is 2.54. The number of H-pyrrole nitrogens is 1. The van der Waals surface area contributed by atoms with Gasteiger partial charge in [-0.3, -0.25) is 9.89 Å². The minimum absolute atomic E-state index is 0.00232. The van der Waals surface area contributed by atoms with Crippen molar-refractivity contribution in [2.24, 2.45) is 7.05 Å². The molecule has 27 heavy (non-hydrogen) atoms. The molecule has 4 aromatic heterocycles. The zero-order chi connectivity index (χ0) is 18.5. The average molecular weight is 386 g/mol. The molecule has 0 spiro atoms. The summed E-state index contributed by atoms with van der Waals surface area (Å²) in [4.78, 5) is 17.5. The Kier molecular flexibility index (Phi) is 3.58. The molecule has 1 aliphatic rings. The van der Waals surface area contributed by atoms with Gasteiger partial charge in [-0.25, -0.2) is 19.5 Å². The minimum atomic E-state index is -0.382. The summed E-state index contributed by atoms with van der Waals surface area (Å²) in [5.74, 6) is -0.382. The number of fused-ring (bicyclic) bond motifs is 3. The van der Waals surface area contributed by atoms with Gasteiger partial charge in [0.1, 0.15) is 16.2 Å². The van der Waals surface area contributed by atoms with Crippen molar-refractivity contribution >= 4 is 32.6 Å². The number of aromatic amines is 1. The highest BCUT2D eigenvalue weighted by atomic mass is 32.1. The highest BCUT2D eigenvalue weighted by Crippen LogP contribution is 2.31. The molecule has 1 atom stereocenters. The van der Waals surface area contributed by atoms with Crippen molar-refractivity contribution in [3.8, 4) is 0 Å². The van der Waals surface area contributed by atoms with Gasteiger partial charge in [0.15, 0.2) is 11.5 Å². The Morgan fingerprint density at radius 1 is 1.41 bits per heavy atom. The molecule has 1 unspecified atom stereocenters. The molecule has 9 nitrogen and oxygen atoms in total. The summed E-state index contributed by atoms with van der Waals surface area (Å²) in [5, 5.41) is 12.2. The van der Waals surface area contributed by atoms with Gasteiger partial charge in [0, 0.05) is 25.1 Å². The molecule has 11 heteroatoms. The molecule has 0 saturated heterocycles. The van der Waals surface area contributed by atoms with E-state index in [1.165, 1.54) is 22.2 Å². The molecule has 5 rings (SSSR count). The minimum Gasteiger partial charge on any atom is -0.328 e. The van der Waals surface area contributed by atoms with E-state index >= 15 is 0 Å². The quantitative estimate of drug-likeness (QED) is 0.479. The van der Waals surface area contributed by atoms with Crippen molar-refractivity contribution in [2.75, 3.05) is 0 Å². The second kappa shape index (κ2) is 5.99. The molecule has 1 aliphatic heterocycles. The zero-order valence-electron chi connectivity index (χ0n) is 14.2. The summed E-state index contributed by atoms with van der Waals surface area (Å²) in [6.07, 6.45) is 6.94. The van der Waals surface area contributed by atoms with Crippen LogP contribution in [0.4, 0.5) is 4.39 Å². The summed E-state index contributed by atoms with van der Waals surface area (Å²) >= 11 is 1.43. The van der Waals surface area contributed by atoms with E-state index in [9.17, 15) is 9.18 Å². The van der Waals surface area contributed by atoms with Crippen molar-refractivity contribution in [3.05, 3.63) is 51.5 Å². The second-order valence-electron chi connectivity index (χ2n) is 6.32. The molecular weight excluding hydrogens is 371 g/mol. The van der Waals surface area contributed by atoms with Crippen LogP contribution in [0.2, 0.25) is 0 Å². The first kappa shape index (κ1) is 16.1. The van der Waals surface area contributed by atoms with Crippen LogP contribution >= 0.6 is 11.3 Å². The van der Waals surface area contributed by atoms with Crippen LogP contribution in [0.25, 0.3) is 21.3 Å². The van der Waals surface area contributed by atoms with Crippen LogP contribution in [-0.4, -0.2) is 35.6 Å². The third-order valence-corrected chi connectivity index (χ3v) is 5.68. The van der Waals surface area contributed by atoms with E-state index in [1.54, 1.807) is 17.0 Å². The van der Waals surface area contributed by atoms with Gasteiger partial charge in [-0.2, -0.15) is 10.2 Å². The fourth-order valence-electron chi connectivity index (χ4n) is 3.27. The Bertz CT molecular complexity index is 1250. The topological polar surface area (TPSA) is 105 Å². The Balaban J connectivity index is 1.57. The molecule has 0 saturated carbocycles. The number of hydrazine groups is 1. The third-order valence-electron chi connectivity index (χ3n) is 4.61. The van der Waals surface area contributed by atoms with Crippen molar-refractivity contribution in [3.63, 3.8) is 0 Å². The largest absolute Gasteiger partial charge is 0.328 e. The highest BCUT2D eigenvalue weighted by Gasteiger charge is 2.20. The molecule has 0 radical (unpaired) electrons. The van der Waals surface area contributed by atoms with E-state index in [2.05, 4.69) is 31.1 Å². The second-order valence-corrected chi connectivity index (χ2v) is 7.41. The van der Waals surface area contributed by atoms with Gasteiger partial charge in [-0.05, 0) is 6.08 Å². The number of hydrogen-bond acceptors (Lipinski definition) is 7. The number of aromatic nitrogens is 6. The predicted molar refractivity (Wildman–Crippen MR) is 98.7 cm³/mol. The highest BCUT2D eigenvalue weighted by molar-refractivity contribution is 7.19. The number of thiazole rings is 1. The molecule has 0 aromatic carbocycles. The average Bonchev–Trinajstić information content (AvgIpc) is 3.41. The summed E-state index contributed by atoms with van der Waals surface area (Å²) in [6.45, 7) is 0.425. The fraction of sp³-hybridized carbons (Fsp3) is 0.250. The number of nitrogens with zero attached hydrogens (tertiary/aromatic N) is 5. The van der Waals surface area contributed by atoms with E-state index < -0.39 is 0 Å². The van der Waals surface area contributed by atoms with Crippen LogP contribution in [0.15, 0.2) is 29.5 Å². The normalized spacial score (nSPS) is 16.6. The zero-order valence-corrected chi connectivity index (χ0v) is 15.0. The SMILES string of the molecule is Cn1c2nc(Cc3n[nH]cc3F)sc2c2cnn(CC3C=CNN3)c(=O)c21. The number of nitrogens with one attached hydrogen (secondary N) is 3. The van der Waals surface area contributed by atoms with Gasteiger partial charge in [-0.15, -0.1) is 11.3 Å². The number of rotatable bonds is 4. The van der Waals surface area contributed by atoms with Crippen LogP contribution in [0.3, 0.4) is 0 Å².